The van der Waals surface area contributed by atoms with Crippen molar-refractivity contribution in [3.8, 4) is 5.75 Å². The van der Waals surface area contributed by atoms with E-state index in [1.807, 2.05) is 35.7 Å². The van der Waals surface area contributed by atoms with Gasteiger partial charge < -0.3 is 9.84 Å². The molecule has 21 heavy (non-hydrogen) atoms. The van der Waals surface area contributed by atoms with E-state index in [4.69, 9.17) is 16.3 Å². The van der Waals surface area contributed by atoms with Crippen molar-refractivity contribution in [3.05, 3.63) is 28.3 Å². The minimum absolute atomic E-state index is 0.289. The van der Waals surface area contributed by atoms with Crippen LogP contribution in [-0.4, -0.2) is 39.3 Å². The number of thioether (sulfide) groups is 2. The Morgan fingerprint density at radius 1 is 1.38 bits per heavy atom. The van der Waals surface area contributed by atoms with Gasteiger partial charge in [0.2, 0.25) is 0 Å². The van der Waals surface area contributed by atoms with Crippen LogP contribution in [0, 0.1) is 0 Å². The van der Waals surface area contributed by atoms with Crippen LogP contribution in [0.25, 0.3) is 0 Å². The van der Waals surface area contributed by atoms with Gasteiger partial charge in [0, 0.05) is 39.4 Å². The largest absolute Gasteiger partial charge is 0.493 e. The summed E-state index contributed by atoms with van der Waals surface area (Å²) in [5.74, 6) is 1.97. The van der Waals surface area contributed by atoms with Gasteiger partial charge in [-0.15, -0.1) is 0 Å². The lowest BCUT2D eigenvalue weighted by atomic mass is 10.0. The summed E-state index contributed by atoms with van der Waals surface area (Å²) >= 11 is 10.1. The van der Waals surface area contributed by atoms with Gasteiger partial charge in [0.1, 0.15) is 5.75 Å². The molecule has 1 aromatic rings. The van der Waals surface area contributed by atoms with Crippen LogP contribution in [0.2, 0.25) is 5.02 Å². The highest BCUT2D eigenvalue weighted by atomic mass is 35.5. The number of aliphatic hydroxyl groups excluding tert-OH is 1. The second kappa shape index (κ2) is 6.61. The van der Waals surface area contributed by atoms with Crippen LogP contribution in [0.3, 0.4) is 0 Å². The fourth-order valence-electron chi connectivity index (χ4n) is 2.86. The van der Waals surface area contributed by atoms with E-state index in [9.17, 15) is 5.11 Å². The number of aliphatic hydroxyl groups is 1. The molecule has 1 N–H and O–H groups in total. The van der Waals surface area contributed by atoms with E-state index in [0.717, 1.165) is 35.1 Å². The Hall–Kier alpha value is -0.0300. The molecule has 0 spiro atoms. The smallest absolute Gasteiger partial charge is 0.126 e. The van der Waals surface area contributed by atoms with E-state index < -0.39 is 0 Å². The fraction of sp³-hybridized carbons (Fsp3) is 0.625. The Balaban J connectivity index is 1.72. The van der Waals surface area contributed by atoms with Crippen molar-refractivity contribution in [1.82, 2.24) is 0 Å². The molecule has 1 aromatic carbocycles. The second-order valence-corrected chi connectivity index (χ2v) is 9.31. The lowest BCUT2D eigenvalue weighted by Crippen LogP contribution is -2.35. The summed E-state index contributed by atoms with van der Waals surface area (Å²) in [5.41, 5.74) is 2.23. The fourth-order valence-corrected chi connectivity index (χ4v) is 6.14. The van der Waals surface area contributed by atoms with Gasteiger partial charge in [0.25, 0.3) is 0 Å². The van der Waals surface area contributed by atoms with Gasteiger partial charge in [0.05, 0.1) is 12.7 Å². The van der Waals surface area contributed by atoms with Gasteiger partial charge in [0.15, 0.2) is 0 Å². The van der Waals surface area contributed by atoms with Gasteiger partial charge in [-0.3, -0.25) is 0 Å². The Bertz CT molecular complexity index is 523. The minimum Gasteiger partial charge on any atom is -0.493 e. The molecule has 0 bridgehead atoms. The van der Waals surface area contributed by atoms with Crippen molar-refractivity contribution in [2.24, 2.45) is 0 Å². The van der Waals surface area contributed by atoms with Crippen LogP contribution in [-0.2, 0) is 12.8 Å². The first-order chi connectivity index (χ1) is 10.0. The van der Waals surface area contributed by atoms with E-state index in [-0.39, 0.29) is 11.4 Å². The minimum atomic E-state index is -0.343. The summed E-state index contributed by atoms with van der Waals surface area (Å²) in [6.45, 7) is 5.24. The van der Waals surface area contributed by atoms with Crippen LogP contribution in [0.15, 0.2) is 12.1 Å². The molecule has 0 aromatic heterocycles. The summed E-state index contributed by atoms with van der Waals surface area (Å²) in [6, 6.07) is 3.93. The third kappa shape index (κ3) is 3.49. The van der Waals surface area contributed by atoms with Gasteiger partial charge in [-0.2, -0.15) is 23.5 Å². The zero-order valence-electron chi connectivity index (χ0n) is 12.3. The first-order valence-corrected chi connectivity index (χ1v) is 9.80. The van der Waals surface area contributed by atoms with Crippen LogP contribution < -0.4 is 4.74 Å². The second-order valence-electron chi connectivity index (χ2n) is 5.84. The number of fused-ring (bicyclic) bond motifs is 1. The van der Waals surface area contributed by atoms with E-state index in [1.54, 1.807) is 0 Å². The zero-order chi connectivity index (χ0) is 15.0. The van der Waals surface area contributed by atoms with E-state index >= 15 is 0 Å². The van der Waals surface area contributed by atoms with Gasteiger partial charge in [-0.25, -0.2) is 0 Å². The quantitative estimate of drug-likeness (QED) is 0.903. The molecule has 0 saturated carbocycles. The topological polar surface area (TPSA) is 29.5 Å². The van der Waals surface area contributed by atoms with Gasteiger partial charge in [-0.05, 0) is 23.3 Å². The lowest BCUT2D eigenvalue weighted by molar-refractivity contribution is 0.175. The Kier molecular flexibility index (Phi) is 4.99. The van der Waals surface area contributed by atoms with Crippen molar-refractivity contribution in [3.63, 3.8) is 0 Å². The number of hydrogen-bond acceptors (Lipinski definition) is 4. The highest BCUT2D eigenvalue weighted by Crippen LogP contribution is 2.39. The van der Waals surface area contributed by atoms with Gasteiger partial charge >= 0.3 is 0 Å². The molecule has 2 aliphatic heterocycles. The maximum absolute atomic E-state index is 10.6. The molecule has 1 saturated heterocycles. The van der Waals surface area contributed by atoms with E-state index in [0.29, 0.717) is 16.9 Å². The monoisotopic (exact) mass is 344 g/mol. The van der Waals surface area contributed by atoms with Crippen LogP contribution in [0.1, 0.15) is 25.0 Å². The molecular weight excluding hydrogens is 324 g/mol. The normalized spacial score (nSPS) is 29.8. The molecule has 2 aliphatic rings. The average molecular weight is 345 g/mol. The summed E-state index contributed by atoms with van der Waals surface area (Å²) in [4.78, 5) is 0. The Labute approximate surface area is 140 Å². The molecule has 4 unspecified atom stereocenters. The highest BCUT2D eigenvalue weighted by Gasteiger charge is 2.31. The van der Waals surface area contributed by atoms with Crippen LogP contribution >= 0.6 is 35.1 Å². The van der Waals surface area contributed by atoms with Crippen molar-refractivity contribution in [2.75, 3.05) is 12.4 Å². The third-order valence-corrected chi connectivity index (χ3v) is 8.01. The lowest BCUT2D eigenvalue weighted by Gasteiger charge is -2.34. The predicted molar refractivity (Wildman–Crippen MR) is 93.1 cm³/mol. The molecule has 3 rings (SSSR count). The molecule has 0 radical (unpaired) electrons. The molecule has 0 amide bonds. The standard InChI is InChI=1S/C16H21ClO2S2/c1-9-10(2)21-15(8-20-9)14(18)7-12-6-13(17)5-11-3-4-19-16(11)12/h5-6,9-10,14-15,18H,3-4,7-8H2,1-2H3. The molecule has 0 aliphatic carbocycles. The summed E-state index contributed by atoms with van der Waals surface area (Å²) in [6.07, 6.45) is 1.20. The number of halogens is 1. The SMILES string of the molecule is CC1SCC(C(O)Cc2cc(Cl)cc3c2OCC3)SC1C. The number of hydrogen-bond donors (Lipinski definition) is 1. The summed E-state index contributed by atoms with van der Waals surface area (Å²) in [5, 5.41) is 12.9. The average Bonchev–Trinajstić information content (AvgIpc) is 2.90. The van der Waals surface area contributed by atoms with Crippen molar-refractivity contribution >= 4 is 35.1 Å². The zero-order valence-corrected chi connectivity index (χ0v) is 14.7. The molecule has 116 valence electrons. The molecule has 5 heteroatoms. The first kappa shape index (κ1) is 15.9. The summed E-state index contributed by atoms with van der Waals surface area (Å²) < 4.78 is 5.73. The predicted octanol–water partition coefficient (Wildman–Crippen LogP) is 3.80. The van der Waals surface area contributed by atoms with Crippen molar-refractivity contribution in [2.45, 2.75) is 48.5 Å². The highest BCUT2D eigenvalue weighted by molar-refractivity contribution is 8.07. The molecule has 4 atom stereocenters. The number of rotatable bonds is 3. The van der Waals surface area contributed by atoms with E-state index in [1.165, 1.54) is 5.56 Å². The number of benzene rings is 1. The Morgan fingerprint density at radius 2 is 2.19 bits per heavy atom. The number of ether oxygens (including phenoxy) is 1. The Morgan fingerprint density at radius 3 is 2.95 bits per heavy atom. The van der Waals surface area contributed by atoms with Crippen molar-refractivity contribution < 1.29 is 9.84 Å². The molecular formula is C16H21ClO2S2. The van der Waals surface area contributed by atoms with E-state index in [2.05, 4.69) is 13.8 Å². The third-order valence-electron chi connectivity index (χ3n) is 4.26. The summed E-state index contributed by atoms with van der Waals surface area (Å²) in [7, 11) is 0. The van der Waals surface area contributed by atoms with Gasteiger partial charge in [-0.1, -0.05) is 25.4 Å². The van der Waals surface area contributed by atoms with Crippen LogP contribution in [0.4, 0.5) is 0 Å². The molecule has 1 fully saturated rings. The molecule has 2 heterocycles. The maximum atomic E-state index is 10.6. The van der Waals surface area contributed by atoms with Crippen LogP contribution in [0.5, 0.6) is 5.75 Å². The first-order valence-electron chi connectivity index (χ1n) is 7.44. The molecule has 2 nitrogen and oxygen atoms in total. The van der Waals surface area contributed by atoms with Crippen molar-refractivity contribution in [1.29, 1.82) is 0 Å². The maximum Gasteiger partial charge on any atom is 0.126 e.